The van der Waals surface area contributed by atoms with Crippen molar-refractivity contribution in [2.45, 2.75) is 57.5 Å². The molecule has 0 aliphatic heterocycles. The Hall–Kier alpha value is -0.280. The molecule has 0 aromatic carbocycles. The van der Waals surface area contributed by atoms with E-state index in [-0.39, 0.29) is 24.4 Å². The Bertz CT molecular complexity index is 291. The summed E-state index contributed by atoms with van der Waals surface area (Å²) in [5, 5.41) is 3.27. The van der Waals surface area contributed by atoms with Gasteiger partial charge < -0.3 is 11.1 Å². The van der Waals surface area contributed by atoms with Gasteiger partial charge in [-0.15, -0.1) is 12.4 Å². The number of nitrogens with two attached hydrogens (primary N) is 1. The van der Waals surface area contributed by atoms with Crippen LogP contribution in [0.2, 0.25) is 0 Å². The molecule has 4 fully saturated rings. The van der Waals surface area contributed by atoms with E-state index in [9.17, 15) is 4.79 Å². The first kappa shape index (κ1) is 14.1. The molecule has 4 aliphatic carbocycles. The van der Waals surface area contributed by atoms with E-state index in [0.29, 0.717) is 12.5 Å². The first-order chi connectivity index (χ1) is 8.11. The van der Waals surface area contributed by atoms with Gasteiger partial charge in [-0.3, -0.25) is 4.79 Å². The zero-order valence-electron chi connectivity index (χ0n) is 11.1. The van der Waals surface area contributed by atoms with E-state index in [1.54, 1.807) is 0 Å². The summed E-state index contributed by atoms with van der Waals surface area (Å²) < 4.78 is 0. The summed E-state index contributed by atoms with van der Waals surface area (Å²) in [6.45, 7) is 1.90. The second-order valence-electron chi connectivity index (χ2n) is 6.71. The van der Waals surface area contributed by atoms with Gasteiger partial charge >= 0.3 is 0 Å². The predicted molar refractivity (Wildman–Crippen MR) is 74.5 cm³/mol. The van der Waals surface area contributed by atoms with Crippen LogP contribution in [0.15, 0.2) is 0 Å². The molecule has 0 spiro atoms. The lowest BCUT2D eigenvalue weighted by Gasteiger charge is -2.54. The molecule has 3 nitrogen and oxygen atoms in total. The number of hydrogen-bond donors (Lipinski definition) is 2. The Morgan fingerprint density at radius 3 is 2.11 bits per heavy atom. The van der Waals surface area contributed by atoms with Gasteiger partial charge in [-0.1, -0.05) is 0 Å². The van der Waals surface area contributed by atoms with E-state index in [0.717, 1.165) is 23.7 Å². The van der Waals surface area contributed by atoms with Gasteiger partial charge in [-0.25, -0.2) is 0 Å². The van der Waals surface area contributed by atoms with Gasteiger partial charge in [-0.05, 0) is 62.7 Å². The largest absolute Gasteiger partial charge is 0.353 e. The standard InChI is InChI=1S/C14H24N2O.ClH/c1-8(15)2-13(17)16-14-11-4-9-3-10(6-11)7-12(14)5-9;/h8-12,14H,2-7,15H2,1H3,(H,16,17);1H. The number of nitrogens with one attached hydrogen (secondary N) is 1. The first-order valence-electron chi connectivity index (χ1n) is 7.16. The van der Waals surface area contributed by atoms with Crippen LogP contribution in [0.4, 0.5) is 0 Å². The number of amides is 1. The number of carbonyl (C=O) groups is 1. The molecule has 0 aromatic heterocycles. The van der Waals surface area contributed by atoms with Crippen molar-refractivity contribution in [3.05, 3.63) is 0 Å². The summed E-state index contributed by atoms with van der Waals surface area (Å²) in [7, 11) is 0. The summed E-state index contributed by atoms with van der Waals surface area (Å²) in [5.41, 5.74) is 5.68. The van der Waals surface area contributed by atoms with Crippen LogP contribution in [0.1, 0.15) is 45.4 Å². The lowest BCUT2D eigenvalue weighted by Crippen LogP contribution is -2.56. The number of hydrogen-bond acceptors (Lipinski definition) is 2. The van der Waals surface area contributed by atoms with Gasteiger partial charge in [0.15, 0.2) is 0 Å². The molecular formula is C14H25ClN2O. The minimum atomic E-state index is -0.0215. The molecule has 0 heterocycles. The van der Waals surface area contributed by atoms with Crippen molar-refractivity contribution in [3.8, 4) is 0 Å². The van der Waals surface area contributed by atoms with Gasteiger partial charge in [0.2, 0.25) is 5.91 Å². The van der Waals surface area contributed by atoms with Crippen LogP contribution in [0.5, 0.6) is 0 Å². The van der Waals surface area contributed by atoms with E-state index in [2.05, 4.69) is 5.32 Å². The SMILES string of the molecule is CC(N)CC(=O)NC1C2CC3CC(C2)CC1C3.Cl. The topological polar surface area (TPSA) is 55.1 Å². The third kappa shape index (κ3) is 2.67. The van der Waals surface area contributed by atoms with Gasteiger partial charge in [0, 0.05) is 18.5 Å². The maximum Gasteiger partial charge on any atom is 0.221 e. The molecule has 4 aliphatic rings. The van der Waals surface area contributed by atoms with Crippen LogP contribution in [-0.4, -0.2) is 18.0 Å². The Kier molecular flexibility index (Phi) is 4.22. The van der Waals surface area contributed by atoms with Crippen LogP contribution in [0, 0.1) is 23.7 Å². The van der Waals surface area contributed by atoms with Crippen molar-refractivity contribution < 1.29 is 4.79 Å². The van der Waals surface area contributed by atoms with Crippen LogP contribution < -0.4 is 11.1 Å². The fraction of sp³-hybridized carbons (Fsp3) is 0.929. The molecule has 3 N–H and O–H groups in total. The zero-order valence-corrected chi connectivity index (χ0v) is 11.9. The molecular weight excluding hydrogens is 248 g/mol. The Labute approximate surface area is 116 Å². The molecule has 4 rings (SSSR count). The minimum absolute atomic E-state index is 0. The molecule has 104 valence electrons. The molecule has 1 amide bonds. The summed E-state index contributed by atoms with van der Waals surface area (Å²) in [5.74, 6) is 3.64. The summed E-state index contributed by atoms with van der Waals surface area (Å²) in [6, 6.07) is 0.445. The van der Waals surface area contributed by atoms with Crippen molar-refractivity contribution in [2.75, 3.05) is 0 Å². The number of carbonyl (C=O) groups excluding carboxylic acids is 1. The Morgan fingerprint density at radius 2 is 1.67 bits per heavy atom. The van der Waals surface area contributed by atoms with Crippen LogP contribution in [0.25, 0.3) is 0 Å². The normalized spacial score (nSPS) is 42.2. The third-order valence-electron chi connectivity index (χ3n) is 5.06. The lowest BCUT2D eigenvalue weighted by molar-refractivity contribution is -0.125. The average Bonchev–Trinajstić information content (AvgIpc) is 2.21. The molecule has 1 unspecified atom stereocenters. The summed E-state index contributed by atoms with van der Waals surface area (Å²) in [4.78, 5) is 11.9. The van der Waals surface area contributed by atoms with Gasteiger partial charge in [0.1, 0.15) is 0 Å². The molecule has 0 radical (unpaired) electrons. The molecule has 0 aromatic rings. The summed E-state index contributed by atoms with van der Waals surface area (Å²) in [6.07, 6.45) is 7.37. The van der Waals surface area contributed by atoms with E-state index in [1.807, 2.05) is 6.92 Å². The number of halogens is 1. The maximum atomic E-state index is 11.9. The fourth-order valence-corrected chi connectivity index (χ4v) is 4.70. The highest BCUT2D eigenvalue weighted by molar-refractivity contribution is 5.85. The van der Waals surface area contributed by atoms with Crippen molar-refractivity contribution in [1.29, 1.82) is 0 Å². The molecule has 0 saturated heterocycles. The van der Waals surface area contributed by atoms with E-state index >= 15 is 0 Å². The molecule has 18 heavy (non-hydrogen) atoms. The van der Waals surface area contributed by atoms with Gasteiger partial charge in [-0.2, -0.15) is 0 Å². The number of rotatable bonds is 3. The smallest absolute Gasteiger partial charge is 0.221 e. The van der Waals surface area contributed by atoms with Crippen LogP contribution in [0.3, 0.4) is 0 Å². The zero-order chi connectivity index (χ0) is 12.0. The second kappa shape index (κ2) is 5.38. The third-order valence-corrected chi connectivity index (χ3v) is 5.06. The molecule has 4 heteroatoms. The minimum Gasteiger partial charge on any atom is -0.353 e. The van der Waals surface area contributed by atoms with Crippen molar-refractivity contribution in [2.24, 2.45) is 29.4 Å². The van der Waals surface area contributed by atoms with Crippen molar-refractivity contribution in [1.82, 2.24) is 5.32 Å². The Morgan fingerprint density at radius 1 is 1.17 bits per heavy atom. The van der Waals surface area contributed by atoms with Crippen LogP contribution in [-0.2, 0) is 4.79 Å². The van der Waals surface area contributed by atoms with Gasteiger partial charge in [0.25, 0.3) is 0 Å². The van der Waals surface area contributed by atoms with Crippen LogP contribution >= 0.6 is 12.4 Å². The van der Waals surface area contributed by atoms with E-state index < -0.39 is 0 Å². The highest BCUT2D eigenvalue weighted by Gasteiger charge is 2.48. The summed E-state index contributed by atoms with van der Waals surface area (Å²) >= 11 is 0. The average molecular weight is 273 g/mol. The predicted octanol–water partition coefficient (Wildman–Crippen LogP) is 2.09. The molecule has 1 atom stereocenters. The highest BCUT2D eigenvalue weighted by Crippen LogP contribution is 2.53. The van der Waals surface area contributed by atoms with Gasteiger partial charge in [0.05, 0.1) is 0 Å². The Balaban J connectivity index is 0.00000120. The monoisotopic (exact) mass is 272 g/mol. The van der Waals surface area contributed by atoms with Crippen molar-refractivity contribution >= 4 is 18.3 Å². The van der Waals surface area contributed by atoms with E-state index in [4.69, 9.17) is 5.73 Å². The quantitative estimate of drug-likeness (QED) is 0.827. The second-order valence-corrected chi connectivity index (χ2v) is 6.71. The maximum absolute atomic E-state index is 11.9. The van der Waals surface area contributed by atoms with Crippen molar-refractivity contribution in [3.63, 3.8) is 0 Å². The first-order valence-corrected chi connectivity index (χ1v) is 7.16. The fourth-order valence-electron chi connectivity index (χ4n) is 4.70. The lowest BCUT2D eigenvalue weighted by atomic mass is 9.54. The molecule has 4 bridgehead atoms. The highest BCUT2D eigenvalue weighted by atomic mass is 35.5. The van der Waals surface area contributed by atoms with E-state index in [1.165, 1.54) is 32.1 Å². The molecule has 4 saturated carbocycles.